The summed E-state index contributed by atoms with van der Waals surface area (Å²) in [6.07, 6.45) is 4.28. The van der Waals surface area contributed by atoms with Crippen molar-refractivity contribution in [1.82, 2.24) is 10.2 Å². The average Bonchev–Trinajstić information content (AvgIpc) is 2.30. The Bertz CT molecular complexity index is 190. The Balaban J connectivity index is 1.90. The molecule has 0 saturated carbocycles. The predicted octanol–water partition coefficient (Wildman–Crippen LogP) is 1.44. The number of likely N-dealkylation sites (tertiary alicyclic amines) is 1. The molecule has 2 rings (SSSR count). The largest absolute Gasteiger partial charge is 0.361 e. The van der Waals surface area contributed by atoms with E-state index in [-0.39, 0.29) is 6.23 Å². The van der Waals surface area contributed by atoms with Crippen molar-refractivity contribution in [3.63, 3.8) is 0 Å². The number of piperidine rings is 1. The Morgan fingerprint density at radius 2 is 2.27 bits per heavy atom. The summed E-state index contributed by atoms with van der Waals surface area (Å²) in [4.78, 5) is 2.57. The van der Waals surface area contributed by atoms with Gasteiger partial charge in [0, 0.05) is 12.6 Å². The van der Waals surface area contributed by atoms with Gasteiger partial charge in [0.1, 0.15) is 6.23 Å². The number of hydrogen-bond donors (Lipinski definition) is 1. The first-order valence-electron chi connectivity index (χ1n) is 6.40. The van der Waals surface area contributed by atoms with Crippen LogP contribution in [0.5, 0.6) is 0 Å². The maximum atomic E-state index is 5.91. The highest BCUT2D eigenvalue weighted by Crippen LogP contribution is 2.22. The van der Waals surface area contributed by atoms with Gasteiger partial charge in [0.05, 0.1) is 6.61 Å². The lowest BCUT2D eigenvalue weighted by Gasteiger charge is -2.42. The zero-order valence-corrected chi connectivity index (χ0v) is 10.0. The third-order valence-electron chi connectivity index (χ3n) is 3.65. The molecular formula is C12H24N2O. The highest BCUT2D eigenvalue weighted by Gasteiger charge is 2.31. The maximum Gasteiger partial charge on any atom is 0.123 e. The van der Waals surface area contributed by atoms with Crippen LogP contribution in [0, 0.1) is 5.92 Å². The van der Waals surface area contributed by atoms with Crippen LogP contribution in [0.25, 0.3) is 0 Å². The van der Waals surface area contributed by atoms with Gasteiger partial charge < -0.3 is 4.74 Å². The van der Waals surface area contributed by atoms with Crippen LogP contribution in [-0.4, -0.2) is 43.4 Å². The van der Waals surface area contributed by atoms with Crippen LogP contribution in [-0.2, 0) is 4.74 Å². The topological polar surface area (TPSA) is 24.5 Å². The maximum absolute atomic E-state index is 5.91. The van der Waals surface area contributed by atoms with Crippen molar-refractivity contribution in [2.45, 2.75) is 45.4 Å². The minimum atomic E-state index is 0.279. The average molecular weight is 212 g/mol. The van der Waals surface area contributed by atoms with Crippen LogP contribution in [0.1, 0.15) is 33.1 Å². The molecule has 1 N–H and O–H groups in total. The van der Waals surface area contributed by atoms with E-state index >= 15 is 0 Å². The molecule has 3 unspecified atom stereocenters. The van der Waals surface area contributed by atoms with Gasteiger partial charge in [-0.2, -0.15) is 0 Å². The van der Waals surface area contributed by atoms with Gasteiger partial charge in [-0.1, -0.05) is 20.3 Å². The fourth-order valence-electron chi connectivity index (χ4n) is 2.70. The van der Waals surface area contributed by atoms with E-state index < -0.39 is 0 Å². The number of nitrogens with zero attached hydrogens (tertiary/aromatic N) is 1. The Kier molecular flexibility index (Phi) is 4.00. The molecule has 3 nitrogen and oxygen atoms in total. The third-order valence-corrected chi connectivity index (χ3v) is 3.65. The summed E-state index contributed by atoms with van der Waals surface area (Å²) in [5.74, 6) is 0.667. The number of likely N-dealkylation sites (N-methyl/N-ethyl adjacent to an activating group) is 1. The molecule has 0 aliphatic carbocycles. The first-order chi connectivity index (χ1) is 7.31. The number of hydrogen-bond acceptors (Lipinski definition) is 3. The highest BCUT2D eigenvalue weighted by atomic mass is 16.5. The summed E-state index contributed by atoms with van der Waals surface area (Å²) in [6.45, 7) is 8.93. The van der Waals surface area contributed by atoms with E-state index in [2.05, 4.69) is 24.1 Å². The van der Waals surface area contributed by atoms with Crippen molar-refractivity contribution in [3.8, 4) is 0 Å². The lowest BCUT2D eigenvalue weighted by atomic mass is 9.99. The zero-order chi connectivity index (χ0) is 10.7. The number of nitrogens with one attached hydrogen (secondary N) is 1. The van der Waals surface area contributed by atoms with Crippen LogP contribution >= 0.6 is 0 Å². The molecule has 15 heavy (non-hydrogen) atoms. The first-order valence-corrected chi connectivity index (χ1v) is 6.40. The van der Waals surface area contributed by atoms with Crippen LogP contribution in [0.4, 0.5) is 0 Å². The van der Waals surface area contributed by atoms with Crippen LogP contribution < -0.4 is 5.32 Å². The van der Waals surface area contributed by atoms with Gasteiger partial charge in [-0.3, -0.25) is 10.2 Å². The summed E-state index contributed by atoms with van der Waals surface area (Å²) < 4.78 is 5.91. The monoisotopic (exact) mass is 212 g/mol. The molecule has 2 saturated heterocycles. The summed E-state index contributed by atoms with van der Waals surface area (Å²) in [5, 5.41) is 3.54. The number of rotatable bonds is 2. The second kappa shape index (κ2) is 5.28. The van der Waals surface area contributed by atoms with Gasteiger partial charge in [-0.15, -0.1) is 0 Å². The second-order valence-corrected chi connectivity index (χ2v) is 4.96. The second-order valence-electron chi connectivity index (χ2n) is 4.96. The van der Waals surface area contributed by atoms with Crippen molar-refractivity contribution >= 4 is 0 Å². The molecule has 2 aliphatic heterocycles. The molecule has 2 fully saturated rings. The molecule has 88 valence electrons. The molecule has 0 bridgehead atoms. The Labute approximate surface area is 93.2 Å². The van der Waals surface area contributed by atoms with Crippen molar-refractivity contribution in [2.24, 2.45) is 5.92 Å². The Hall–Kier alpha value is -0.120. The Morgan fingerprint density at radius 1 is 1.40 bits per heavy atom. The zero-order valence-electron chi connectivity index (χ0n) is 10.0. The lowest BCUT2D eigenvalue weighted by Crippen LogP contribution is -2.56. The quantitative estimate of drug-likeness (QED) is 0.749. The SMILES string of the molecule is CCN1CCCCC1C1NCC(C)CO1. The summed E-state index contributed by atoms with van der Waals surface area (Å²) in [5.41, 5.74) is 0. The fourth-order valence-corrected chi connectivity index (χ4v) is 2.70. The van der Waals surface area contributed by atoms with Gasteiger partial charge in [-0.05, 0) is 31.8 Å². The van der Waals surface area contributed by atoms with Gasteiger partial charge in [-0.25, -0.2) is 0 Å². The van der Waals surface area contributed by atoms with Gasteiger partial charge >= 0.3 is 0 Å². The molecule has 3 atom stereocenters. The molecule has 0 aromatic carbocycles. The first kappa shape index (κ1) is 11.4. The van der Waals surface area contributed by atoms with Crippen LogP contribution in [0.2, 0.25) is 0 Å². The molecular weight excluding hydrogens is 188 g/mol. The minimum absolute atomic E-state index is 0.279. The highest BCUT2D eigenvalue weighted by molar-refractivity contribution is 4.84. The standard InChI is InChI=1S/C12H24N2O/c1-3-14-7-5-4-6-11(14)12-13-8-10(2)9-15-12/h10-13H,3-9H2,1-2H3. The van der Waals surface area contributed by atoms with E-state index in [0.717, 1.165) is 19.7 Å². The molecule has 0 amide bonds. The van der Waals surface area contributed by atoms with Crippen molar-refractivity contribution in [3.05, 3.63) is 0 Å². The summed E-state index contributed by atoms with van der Waals surface area (Å²) >= 11 is 0. The van der Waals surface area contributed by atoms with Crippen molar-refractivity contribution in [2.75, 3.05) is 26.2 Å². The van der Waals surface area contributed by atoms with Gasteiger partial charge in [0.2, 0.25) is 0 Å². The molecule has 2 aliphatic rings. The fraction of sp³-hybridized carbons (Fsp3) is 1.00. The van der Waals surface area contributed by atoms with E-state index in [4.69, 9.17) is 4.74 Å². The van der Waals surface area contributed by atoms with E-state index in [1.807, 2.05) is 0 Å². The van der Waals surface area contributed by atoms with Crippen molar-refractivity contribution in [1.29, 1.82) is 0 Å². The smallest absolute Gasteiger partial charge is 0.123 e. The van der Waals surface area contributed by atoms with Crippen LogP contribution in [0.3, 0.4) is 0 Å². The van der Waals surface area contributed by atoms with E-state index in [1.54, 1.807) is 0 Å². The normalized spacial score (nSPS) is 39.2. The molecule has 0 aromatic rings. The van der Waals surface area contributed by atoms with E-state index in [0.29, 0.717) is 12.0 Å². The van der Waals surface area contributed by atoms with E-state index in [9.17, 15) is 0 Å². The molecule has 3 heteroatoms. The summed E-state index contributed by atoms with van der Waals surface area (Å²) in [6, 6.07) is 0.608. The van der Waals surface area contributed by atoms with Gasteiger partial charge in [0.15, 0.2) is 0 Å². The summed E-state index contributed by atoms with van der Waals surface area (Å²) in [7, 11) is 0. The van der Waals surface area contributed by atoms with E-state index in [1.165, 1.54) is 25.8 Å². The lowest BCUT2D eigenvalue weighted by molar-refractivity contribution is -0.0800. The predicted molar refractivity (Wildman–Crippen MR) is 61.8 cm³/mol. The number of ether oxygens (including phenoxy) is 1. The van der Waals surface area contributed by atoms with Gasteiger partial charge in [0.25, 0.3) is 0 Å². The minimum Gasteiger partial charge on any atom is -0.361 e. The molecule has 0 radical (unpaired) electrons. The molecule has 0 spiro atoms. The molecule has 2 heterocycles. The third kappa shape index (κ3) is 2.71. The van der Waals surface area contributed by atoms with Crippen molar-refractivity contribution < 1.29 is 4.74 Å². The Morgan fingerprint density at radius 3 is 2.93 bits per heavy atom. The van der Waals surface area contributed by atoms with Crippen LogP contribution in [0.15, 0.2) is 0 Å². The molecule has 0 aromatic heterocycles.